The van der Waals surface area contributed by atoms with Gasteiger partial charge in [0.25, 0.3) is 0 Å². The molecule has 1 rings (SSSR count). The second-order valence-electron chi connectivity index (χ2n) is 4.22. The Hall–Kier alpha value is -0.0700. The average molecular weight is 312 g/mol. The molecule has 0 saturated carbocycles. The monoisotopic (exact) mass is 311 g/mol. The molecular weight excluding hydrogens is 294 g/mol. The third-order valence-electron chi connectivity index (χ3n) is 2.80. The van der Waals surface area contributed by atoms with Gasteiger partial charge in [-0.05, 0) is 12.8 Å². The molecular formula is C11H18ClNO3S2. The number of carbonyl (C=O) groups excluding carboxylic acids is 1. The standard InChI is InChI=1S/C11H18ClNO3S2/c1-8(7-18-17-6-4-12)10(14)13-5-2-3-9(13)11(15)16/h8-9H,2-7H2,1H3,(H,15,16). The number of alkyl halides is 1. The number of nitrogens with zero attached hydrogens (tertiary/aromatic N) is 1. The van der Waals surface area contributed by atoms with E-state index in [9.17, 15) is 9.59 Å². The summed E-state index contributed by atoms with van der Waals surface area (Å²) in [5, 5.41) is 9.04. The van der Waals surface area contributed by atoms with Crippen molar-refractivity contribution in [1.29, 1.82) is 0 Å². The van der Waals surface area contributed by atoms with E-state index in [2.05, 4.69) is 0 Å². The van der Waals surface area contributed by atoms with Gasteiger partial charge in [-0.1, -0.05) is 28.5 Å². The Morgan fingerprint density at radius 2 is 2.22 bits per heavy atom. The first-order chi connectivity index (χ1) is 8.57. The summed E-state index contributed by atoms with van der Waals surface area (Å²) in [6.45, 7) is 2.42. The van der Waals surface area contributed by atoms with Crippen molar-refractivity contribution >= 4 is 45.1 Å². The number of rotatable bonds is 7. The molecule has 1 N–H and O–H groups in total. The predicted molar refractivity (Wildman–Crippen MR) is 77.2 cm³/mol. The van der Waals surface area contributed by atoms with Crippen LogP contribution in [0.2, 0.25) is 0 Å². The van der Waals surface area contributed by atoms with Gasteiger partial charge >= 0.3 is 5.97 Å². The molecule has 104 valence electrons. The smallest absolute Gasteiger partial charge is 0.326 e. The van der Waals surface area contributed by atoms with E-state index in [0.717, 1.165) is 12.2 Å². The van der Waals surface area contributed by atoms with Crippen LogP contribution < -0.4 is 0 Å². The van der Waals surface area contributed by atoms with E-state index in [4.69, 9.17) is 16.7 Å². The highest BCUT2D eigenvalue weighted by Crippen LogP contribution is 2.26. The average Bonchev–Trinajstić information content (AvgIpc) is 2.82. The molecule has 0 aromatic carbocycles. The van der Waals surface area contributed by atoms with Crippen molar-refractivity contribution in [3.05, 3.63) is 0 Å². The first-order valence-electron chi connectivity index (χ1n) is 5.91. The van der Waals surface area contributed by atoms with E-state index < -0.39 is 12.0 Å². The van der Waals surface area contributed by atoms with E-state index in [1.807, 2.05) is 6.92 Å². The van der Waals surface area contributed by atoms with Gasteiger partial charge in [-0.3, -0.25) is 4.79 Å². The highest BCUT2D eigenvalue weighted by atomic mass is 35.5. The topological polar surface area (TPSA) is 57.6 Å². The number of amides is 1. The molecule has 0 spiro atoms. The summed E-state index contributed by atoms with van der Waals surface area (Å²) in [5.41, 5.74) is 0. The van der Waals surface area contributed by atoms with Gasteiger partial charge in [-0.25, -0.2) is 4.79 Å². The van der Waals surface area contributed by atoms with Crippen LogP contribution in [0.4, 0.5) is 0 Å². The van der Waals surface area contributed by atoms with Gasteiger partial charge in [0.2, 0.25) is 5.91 Å². The lowest BCUT2D eigenvalue weighted by molar-refractivity contribution is -0.149. The summed E-state index contributed by atoms with van der Waals surface area (Å²) in [6.07, 6.45) is 1.35. The summed E-state index contributed by atoms with van der Waals surface area (Å²) in [7, 11) is 3.27. The van der Waals surface area contributed by atoms with Crippen LogP contribution >= 0.6 is 33.2 Å². The Bertz CT molecular complexity index is 304. The fourth-order valence-corrected chi connectivity index (χ4v) is 4.52. The molecule has 2 unspecified atom stereocenters. The van der Waals surface area contributed by atoms with Crippen molar-refractivity contribution in [2.45, 2.75) is 25.8 Å². The Morgan fingerprint density at radius 3 is 2.83 bits per heavy atom. The van der Waals surface area contributed by atoms with Gasteiger partial charge in [-0.15, -0.1) is 11.6 Å². The van der Waals surface area contributed by atoms with Crippen molar-refractivity contribution in [2.75, 3.05) is 23.9 Å². The number of carboxylic acid groups (broad SMARTS) is 1. The Morgan fingerprint density at radius 1 is 1.50 bits per heavy atom. The minimum Gasteiger partial charge on any atom is -0.480 e. The third-order valence-corrected chi connectivity index (χ3v) is 5.80. The molecule has 1 saturated heterocycles. The normalized spacial score (nSPS) is 21.0. The lowest BCUT2D eigenvalue weighted by Gasteiger charge is -2.24. The van der Waals surface area contributed by atoms with Crippen molar-refractivity contribution < 1.29 is 14.7 Å². The second-order valence-corrected chi connectivity index (χ2v) is 7.23. The third kappa shape index (κ3) is 4.55. The number of carbonyl (C=O) groups is 2. The summed E-state index contributed by atoms with van der Waals surface area (Å²) in [5.74, 6) is 1.08. The molecule has 0 aromatic heterocycles. The zero-order valence-corrected chi connectivity index (χ0v) is 12.7. The van der Waals surface area contributed by atoms with Gasteiger partial charge in [0.1, 0.15) is 6.04 Å². The first kappa shape index (κ1) is 16.0. The van der Waals surface area contributed by atoms with E-state index in [0.29, 0.717) is 24.6 Å². The molecule has 7 heteroatoms. The molecule has 1 aliphatic heterocycles. The van der Waals surface area contributed by atoms with Crippen LogP contribution in [-0.2, 0) is 9.59 Å². The predicted octanol–water partition coefficient (Wildman–Crippen LogP) is 2.32. The van der Waals surface area contributed by atoms with E-state index in [1.165, 1.54) is 4.90 Å². The summed E-state index contributed by atoms with van der Waals surface area (Å²) < 4.78 is 0. The van der Waals surface area contributed by atoms with E-state index in [-0.39, 0.29) is 11.8 Å². The quantitative estimate of drug-likeness (QED) is 0.444. The molecule has 1 aliphatic rings. The summed E-state index contributed by atoms with van der Waals surface area (Å²) in [6, 6.07) is -0.625. The number of aliphatic carboxylic acids is 1. The second kappa shape index (κ2) is 8.17. The lowest BCUT2D eigenvalue weighted by atomic mass is 10.1. The van der Waals surface area contributed by atoms with Crippen molar-refractivity contribution in [3.8, 4) is 0 Å². The molecule has 1 fully saturated rings. The van der Waals surface area contributed by atoms with Crippen LogP contribution in [0.25, 0.3) is 0 Å². The molecule has 0 bridgehead atoms. The zero-order valence-electron chi connectivity index (χ0n) is 10.3. The summed E-state index contributed by atoms with van der Waals surface area (Å²) >= 11 is 5.56. The maximum Gasteiger partial charge on any atom is 0.326 e. The number of halogens is 1. The van der Waals surface area contributed by atoms with Gasteiger partial charge in [0.05, 0.1) is 0 Å². The van der Waals surface area contributed by atoms with Crippen LogP contribution in [0.3, 0.4) is 0 Å². The fourth-order valence-electron chi connectivity index (χ4n) is 1.88. The van der Waals surface area contributed by atoms with Gasteiger partial charge in [-0.2, -0.15) is 0 Å². The van der Waals surface area contributed by atoms with Gasteiger partial charge in [0, 0.05) is 29.8 Å². The number of carboxylic acids is 1. The molecule has 2 atom stereocenters. The minimum absolute atomic E-state index is 0.0427. The molecule has 1 heterocycles. The number of hydrogen-bond donors (Lipinski definition) is 1. The highest BCUT2D eigenvalue weighted by Gasteiger charge is 2.35. The fraction of sp³-hybridized carbons (Fsp3) is 0.818. The largest absolute Gasteiger partial charge is 0.480 e. The lowest BCUT2D eigenvalue weighted by Crippen LogP contribution is -2.43. The summed E-state index contributed by atoms with van der Waals surface area (Å²) in [4.78, 5) is 24.7. The first-order valence-corrected chi connectivity index (χ1v) is 8.93. The number of likely N-dealkylation sites (tertiary alicyclic amines) is 1. The maximum atomic E-state index is 12.1. The van der Waals surface area contributed by atoms with Crippen LogP contribution in [-0.4, -0.2) is 51.9 Å². The molecule has 1 amide bonds. The molecule has 0 aliphatic carbocycles. The van der Waals surface area contributed by atoms with Crippen molar-refractivity contribution in [2.24, 2.45) is 5.92 Å². The van der Waals surface area contributed by atoms with Crippen LogP contribution in [0.1, 0.15) is 19.8 Å². The molecule has 4 nitrogen and oxygen atoms in total. The van der Waals surface area contributed by atoms with Crippen LogP contribution in [0.15, 0.2) is 0 Å². The number of hydrogen-bond acceptors (Lipinski definition) is 4. The molecule has 0 radical (unpaired) electrons. The van der Waals surface area contributed by atoms with Crippen molar-refractivity contribution in [3.63, 3.8) is 0 Å². The van der Waals surface area contributed by atoms with Gasteiger partial charge in [0.15, 0.2) is 0 Å². The Labute approximate surface area is 120 Å². The highest BCUT2D eigenvalue weighted by molar-refractivity contribution is 8.76. The van der Waals surface area contributed by atoms with Crippen LogP contribution in [0.5, 0.6) is 0 Å². The van der Waals surface area contributed by atoms with Crippen LogP contribution in [0, 0.1) is 5.92 Å². The van der Waals surface area contributed by atoms with Gasteiger partial charge < -0.3 is 10.0 Å². The SMILES string of the molecule is CC(CSSCCCl)C(=O)N1CCCC1C(=O)O. The molecule has 0 aromatic rings. The molecule has 18 heavy (non-hydrogen) atoms. The van der Waals surface area contributed by atoms with Crippen molar-refractivity contribution in [1.82, 2.24) is 4.90 Å². The maximum absolute atomic E-state index is 12.1. The van der Waals surface area contributed by atoms with E-state index in [1.54, 1.807) is 21.6 Å². The zero-order chi connectivity index (χ0) is 13.5. The Balaban J connectivity index is 2.40. The minimum atomic E-state index is -0.891. The Kier molecular flexibility index (Phi) is 7.26. The van der Waals surface area contributed by atoms with E-state index >= 15 is 0 Å².